The van der Waals surface area contributed by atoms with Gasteiger partial charge in [-0.25, -0.2) is 4.39 Å². The van der Waals surface area contributed by atoms with E-state index in [-0.39, 0.29) is 12.3 Å². The zero-order valence-corrected chi connectivity index (χ0v) is 14.4. The summed E-state index contributed by atoms with van der Waals surface area (Å²) in [7, 11) is 0. The number of carbonyl (C=O) groups is 1. The van der Waals surface area contributed by atoms with Crippen molar-refractivity contribution in [3.8, 4) is 5.75 Å². The zero-order valence-electron chi connectivity index (χ0n) is 13.6. The summed E-state index contributed by atoms with van der Waals surface area (Å²) in [6.07, 6.45) is 2.15. The lowest BCUT2D eigenvalue weighted by Crippen LogP contribution is -2.29. The van der Waals surface area contributed by atoms with Crippen LogP contribution < -0.4 is 10.1 Å². The predicted octanol–water partition coefficient (Wildman–Crippen LogP) is 4.17. The van der Waals surface area contributed by atoms with Crippen molar-refractivity contribution in [2.45, 2.75) is 26.2 Å². The first-order chi connectivity index (χ1) is 11.6. The number of halogens is 2. The average Bonchev–Trinajstić information content (AvgIpc) is 2.56. The standard InChI is InChI=1S/C19H21ClFNO2/c1-2-3-14-4-8-17(9-5-14)24-11-10-22-19(23)12-15-6-7-16(20)13-18(15)21/h4-9,13H,2-3,10-12H2,1H3,(H,22,23). The lowest BCUT2D eigenvalue weighted by molar-refractivity contribution is -0.120. The van der Waals surface area contributed by atoms with Gasteiger partial charge in [0.05, 0.1) is 13.0 Å². The van der Waals surface area contributed by atoms with Crippen molar-refractivity contribution in [1.29, 1.82) is 0 Å². The van der Waals surface area contributed by atoms with Crippen LogP contribution >= 0.6 is 11.6 Å². The van der Waals surface area contributed by atoms with Crippen molar-refractivity contribution in [2.75, 3.05) is 13.2 Å². The number of hydrogen-bond donors (Lipinski definition) is 1. The maximum absolute atomic E-state index is 13.6. The fourth-order valence-electron chi connectivity index (χ4n) is 2.30. The first-order valence-corrected chi connectivity index (χ1v) is 8.38. The number of benzene rings is 2. The quantitative estimate of drug-likeness (QED) is 0.726. The van der Waals surface area contributed by atoms with Crippen LogP contribution in [0.1, 0.15) is 24.5 Å². The molecule has 2 aromatic rings. The van der Waals surface area contributed by atoms with Crippen LogP contribution in [0.4, 0.5) is 4.39 Å². The molecular formula is C19H21ClFNO2. The summed E-state index contributed by atoms with van der Waals surface area (Å²) in [4.78, 5) is 11.8. The van der Waals surface area contributed by atoms with Gasteiger partial charge in [-0.05, 0) is 41.8 Å². The van der Waals surface area contributed by atoms with E-state index in [4.69, 9.17) is 16.3 Å². The Morgan fingerprint density at radius 1 is 1.21 bits per heavy atom. The van der Waals surface area contributed by atoms with Gasteiger partial charge in [-0.15, -0.1) is 0 Å². The lowest BCUT2D eigenvalue weighted by atomic mass is 10.1. The molecule has 1 N–H and O–H groups in total. The van der Waals surface area contributed by atoms with Crippen LogP contribution in [0.15, 0.2) is 42.5 Å². The Morgan fingerprint density at radius 2 is 1.96 bits per heavy atom. The highest BCUT2D eigenvalue weighted by Crippen LogP contribution is 2.15. The third kappa shape index (κ3) is 5.85. The van der Waals surface area contributed by atoms with E-state index < -0.39 is 5.82 Å². The Labute approximate surface area is 146 Å². The van der Waals surface area contributed by atoms with Crippen LogP contribution in [0.5, 0.6) is 5.75 Å². The molecule has 2 rings (SSSR count). The molecule has 0 aliphatic rings. The van der Waals surface area contributed by atoms with Crippen LogP contribution in [0.25, 0.3) is 0 Å². The molecular weight excluding hydrogens is 329 g/mol. The van der Waals surface area contributed by atoms with Gasteiger partial charge >= 0.3 is 0 Å². The molecule has 0 aliphatic heterocycles. The second kappa shape index (κ2) is 9.28. The predicted molar refractivity (Wildman–Crippen MR) is 94.1 cm³/mol. The Morgan fingerprint density at radius 3 is 2.62 bits per heavy atom. The molecule has 128 valence electrons. The van der Waals surface area contributed by atoms with Gasteiger partial charge < -0.3 is 10.1 Å². The number of rotatable bonds is 8. The van der Waals surface area contributed by atoms with Crippen LogP contribution in [0.2, 0.25) is 5.02 Å². The van der Waals surface area contributed by atoms with Crippen molar-refractivity contribution >= 4 is 17.5 Å². The van der Waals surface area contributed by atoms with E-state index in [9.17, 15) is 9.18 Å². The number of amides is 1. The molecule has 0 atom stereocenters. The van der Waals surface area contributed by atoms with Gasteiger partial charge in [0.25, 0.3) is 0 Å². The summed E-state index contributed by atoms with van der Waals surface area (Å²) < 4.78 is 19.2. The van der Waals surface area contributed by atoms with Gasteiger partial charge in [0.15, 0.2) is 0 Å². The summed E-state index contributed by atoms with van der Waals surface area (Å²) in [6, 6.07) is 12.2. The fraction of sp³-hybridized carbons (Fsp3) is 0.316. The van der Waals surface area contributed by atoms with E-state index in [0.717, 1.165) is 18.6 Å². The van der Waals surface area contributed by atoms with E-state index in [1.54, 1.807) is 6.07 Å². The second-order valence-corrected chi connectivity index (χ2v) is 5.94. The second-order valence-electron chi connectivity index (χ2n) is 5.50. The number of carbonyl (C=O) groups excluding carboxylic acids is 1. The maximum atomic E-state index is 13.6. The van der Waals surface area contributed by atoms with Crippen molar-refractivity contribution in [1.82, 2.24) is 5.32 Å². The van der Waals surface area contributed by atoms with Gasteiger partial charge in [-0.2, -0.15) is 0 Å². The van der Waals surface area contributed by atoms with Gasteiger partial charge in [-0.3, -0.25) is 4.79 Å². The van der Waals surface area contributed by atoms with Crippen LogP contribution in [0.3, 0.4) is 0 Å². The first-order valence-electron chi connectivity index (χ1n) is 8.01. The molecule has 0 radical (unpaired) electrons. The van der Waals surface area contributed by atoms with Gasteiger partial charge in [-0.1, -0.05) is 43.1 Å². The number of aryl methyl sites for hydroxylation is 1. The van der Waals surface area contributed by atoms with Gasteiger partial charge in [0, 0.05) is 5.02 Å². The van der Waals surface area contributed by atoms with E-state index in [2.05, 4.69) is 12.2 Å². The normalized spacial score (nSPS) is 10.5. The van der Waals surface area contributed by atoms with Crippen LogP contribution in [-0.4, -0.2) is 19.1 Å². The van der Waals surface area contributed by atoms with E-state index in [1.807, 2.05) is 24.3 Å². The SMILES string of the molecule is CCCc1ccc(OCCNC(=O)Cc2ccc(Cl)cc2F)cc1. The third-order valence-electron chi connectivity index (χ3n) is 3.52. The summed E-state index contributed by atoms with van der Waals surface area (Å²) in [6.45, 7) is 2.87. The average molecular weight is 350 g/mol. The van der Waals surface area contributed by atoms with E-state index in [1.165, 1.54) is 17.7 Å². The molecule has 5 heteroatoms. The summed E-state index contributed by atoms with van der Waals surface area (Å²) in [5, 5.41) is 3.03. The molecule has 3 nitrogen and oxygen atoms in total. The molecule has 0 spiro atoms. The van der Waals surface area contributed by atoms with E-state index in [0.29, 0.717) is 23.7 Å². The molecule has 0 saturated heterocycles. The highest BCUT2D eigenvalue weighted by Gasteiger charge is 2.08. The molecule has 0 aliphatic carbocycles. The number of nitrogens with one attached hydrogen (secondary N) is 1. The maximum Gasteiger partial charge on any atom is 0.224 e. The topological polar surface area (TPSA) is 38.3 Å². The molecule has 0 fully saturated rings. The lowest BCUT2D eigenvalue weighted by Gasteiger charge is -2.09. The Balaban J connectivity index is 1.70. The Kier molecular flexibility index (Phi) is 7.07. The molecule has 0 bridgehead atoms. The van der Waals surface area contributed by atoms with Crippen molar-refractivity contribution in [3.63, 3.8) is 0 Å². The fourth-order valence-corrected chi connectivity index (χ4v) is 2.46. The number of ether oxygens (including phenoxy) is 1. The highest BCUT2D eigenvalue weighted by atomic mass is 35.5. The summed E-state index contributed by atoms with van der Waals surface area (Å²) >= 11 is 5.68. The summed E-state index contributed by atoms with van der Waals surface area (Å²) in [5.41, 5.74) is 1.60. The molecule has 0 aromatic heterocycles. The minimum atomic E-state index is -0.471. The first kappa shape index (κ1) is 18.3. The molecule has 24 heavy (non-hydrogen) atoms. The molecule has 0 unspecified atom stereocenters. The zero-order chi connectivity index (χ0) is 17.4. The van der Waals surface area contributed by atoms with Gasteiger partial charge in [0.2, 0.25) is 5.91 Å². The largest absolute Gasteiger partial charge is 0.492 e. The number of hydrogen-bond acceptors (Lipinski definition) is 2. The molecule has 0 saturated carbocycles. The minimum Gasteiger partial charge on any atom is -0.492 e. The van der Waals surface area contributed by atoms with Crippen LogP contribution in [0, 0.1) is 5.82 Å². The highest BCUT2D eigenvalue weighted by molar-refractivity contribution is 6.30. The minimum absolute atomic E-state index is 0.0191. The van der Waals surface area contributed by atoms with Crippen molar-refractivity contribution < 1.29 is 13.9 Å². The third-order valence-corrected chi connectivity index (χ3v) is 3.76. The Hall–Kier alpha value is -2.07. The molecule has 0 heterocycles. The Bertz CT molecular complexity index is 674. The van der Waals surface area contributed by atoms with Crippen molar-refractivity contribution in [2.24, 2.45) is 0 Å². The van der Waals surface area contributed by atoms with E-state index >= 15 is 0 Å². The van der Waals surface area contributed by atoms with Crippen molar-refractivity contribution in [3.05, 3.63) is 64.4 Å². The summed E-state index contributed by atoms with van der Waals surface area (Å²) in [5.74, 6) is 0.0482. The van der Waals surface area contributed by atoms with Crippen LogP contribution in [-0.2, 0) is 17.6 Å². The molecule has 1 amide bonds. The monoisotopic (exact) mass is 349 g/mol. The molecule has 2 aromatic carbocycles. The smallest absolute Gasteiger partial charge is 0.224 e. The van der Waals surface area contributed by atoms with Gasteiger partial charge in [0.1, 0.15) is 18.2 Å².